The summed E-state index contributed by atoms with van der Waals surface area (Å²) in [5, 5.41) is -2.62. The summed E-state index contributed by atoms with van der Waals surface area (Å²) in [6.07, 6.45) is 0.576. The third kappa shape index (κ3) is 8.93. The minimum absolute atomic E-state index is 0.288. The minimum atomic E-state index is -1.33. The molecule has 0 aliphatic carbocycles. The molecule has 10 heteroatoms. The molecule has 0 aromatic carbocycles. The van der Waals surface area contributed by atoms with E-state index in [9.17, 15) is 19.2 Å². The molecule has 0 aliphatic heterocycles. The van der Waals surface area contributed by atoms with Crippen LogP contribution in [0.25, 0.3) is 0 Å². The topological polar surface area (TPSA) is 105 Å². The highest BCUT2D eigenvalue weighted by Crippen LogP contribution is 2.25. The standard InChI is InChI=1S/C12H16Cl2O8/c1-11(2,21-19-9(17)7(13)15)5-6-12(3,4)22-20-10(18)8(14)16/h5-6H2,1-4H3. The number of hydrogen-bond donors (Lipinski definition) is 0. The molecule has 0 aromatic heterocycles. The number of carbonyl (C=O) groups excluding carboxylic acids is 4. The molecule has 0 unspecified atom stereocenters. The van der Waals surface area contributed by atoms with E-state index in [0.717, 1.165) is 0 Å². The molecule has 0 saturated carbocycles. The van der Waals surface area contributed by atoms with Crippen molar-refractivity contribution < 1.29 is 38.7 Å². The largest absolute Gasteiger partial charge is 0.424 e. The van der Waals surface area contributed by atoms with Crippen molar-refractivity contribution in [3.63, 3.8) is 0 Å². The summed E-state index contributed by atoms with van der Waals surface area (Å²) in [4.78, 5) is 60.9. The Morgan fingerprint density at radius 2 is 1.00 bits per heavy atom. The van der Waals surface area contributed by atoms with Crippen molar-refractivity contribution in [3.05, 3.63) is 0 Å². The Morgan fingerprint density at radius 1 is 0.727 bits per heavy atom. The number of carbonyl (C=O) groups is 4. The molecule has 0 fully saturated rings. The van der Waals surface area contributed by atoms with Gasteiger partial charge in [0, 0.05) is 0 Å². The van der Waals surface area contributed by atoms with Gasteiger partial charge in [0.25, 0.3) is 0 Å². The van der Waals surface area contributed by atoms with Crippen LogP contribution in [0, 0.1) is 0 Å². The lowest BCUT2D eigenvalue weighted by atomic mass is 9.94. The first kappa shape index (κ1) is 20.8. The normalized spacial score (nSPS) is 11.7. The van der Waals surface area contributed by atoms with Crippen LogP contribution in [0.4, 0.5) is 0 Å². The maximum absolute atomic E-state index is 10.9. The van der Waals surface area contributed by atoms with E-state index in [4.69, 9.17) is 33.0 Å². The van der Waals surface area contributed by atoms with Gasteiger partial charge < -0.3 is 0 Å². The quantitative estimate of drug-likeness (QED) is 0.266. The van der Waals surface area contributed by atoms with Gasteiger partial charge in [-0.15, -0.1) is 0 Å². The molecular formula is C12H16Cl2O8. The summed E-state index contributed by atoms with van der Waals surface area (Å²) >= 11 is 9.81. The third-order valence-corrected chi connectivity index (χ3v) is 2.64. The monoisotopic (exact) mass is 358 g/mol. The zero-order chi connectivity index (χ0) is 17.6. The van der Waals surface area contributed by atoms with E-state index in [1.165, 1.54) is 0 Å². The maximum Gasteiger partial charge on any atom is 0.424 e. The molecular weight excluding hydrogens is 343 g/mol. The van der Waals surface area contributed by atoms with Gasteiger partial charge in [-0.25, -0.2) is 9.59 Å². The fourth-order valence-corrected chi connectivity index (χ4v) is 1.12. The van der Waals surface area contributed by atoms with E-state index < -0.39 is 33.6 Å². The van der Waals surface area contributed by atoms with Crippen LogP contribution < -0.4 is 0 Å². The minimum Gasteiger partial charge on any atom is -0.287 e. The highest BCUT2D eigenvalue weighted by atomic mass is 35.5. The molecule has 0 aliphatic rings. The molecule has 0 aromatic rings. The van der Waals surface area contributed by atoms with E-state index in [1.54, 1.807) is 27.7 Å². The number of halogens is 2. The molecule has 22 heavy (non-hydrogen) atoms. The maximum atomic E-state index is 10.9. The molecule has 0 rings (SSSR count). The van der Waals surface area contributed by atoms with Crippen molar-refractivity contribution in [1.29, 1.82) is 0 Å². The molecule has 0 radical (unpaired) electrons. The zero-order valence-corrected chi connectivity index (χ0v) is 13.9. The van der Waals surface area contributed by atoms with Crippen molar-refractivity contribution in [2.45, 2.75) is 51.7 Å². The van der Waals surface area contributed by atoms with Crippen LogP contribution in [-0.2, 0) is 38.7 Å². The van der Waals surface area contributed by atoms with E-state index in [2.05, 4.69) is 9.78 Å². The summed E-state index contributed by atoms with van der Waals surface area (Å²) in [5.41, 5.74) is -1.93. The van der Waals surface area contributed by atoms with Crippen molar-refractivity contribution >= 4 is 45.6 Å². The fraction of sp³-hybridized carbons (Fsp3) is 0.667. The SMILES string of the molecule is CC(C)(CCC(C)(C)OOC(=O)C(=O)Cl)OOC(=O)C(=O)Cl. The Bertz CT molecular complexity index is 416. The summed E-state index contributed by atoms with van der Waals surface area (Å²) in [6.45, 7) is 6.35. The average molecular weight is 359 g/mol. The molecule has 0 spiro atoms. The summed E-state index contributed by atoms with van der Waals surface area (Å²) in [5.74, 6) is -2.67. The highest BCUT2D eigenvalue weighted by molar-refractivity contribution is 6.80. The molecule has 0 N–H and O–H groups in total. The first-order valence-corrected chi connectivity index (χ1v) is 6.81. The summed E-state index contributed by atoms with van der Waals surface area (Å²) < 4.78 is 0. The van der Waals surface area contributed by atoms with Crippen LogP contribution in [0.15, 0.2) is 0 Å². The third-order valence-electron chi connectivity index (χ3n) is 2.34. The smallest absolute Gasteiger partial charge is 0.287 e. The highest BCUT2D eigenvalue weighted by Gasteiger charge is 2.30. The van der Waals surface area contributed by atoms with Crippen LogP contribution in [0.3, 0.4) is 0 Å². The van der Waals surface area contributed by atoms with Crippen molar-refractivity contribution in [3.8, 4) is 0 Å². The second kappa shape index (κ2) is 8.42. The van der Waals surface area contributed by atoms with Gasteiger partial charge in [0.1, 0.15) is 11.2 Å². The van der Waals surface area contributed by atoms with Gasteiger partial charge in [0.05, 0.1) is 0 Å². The molecule has 0 heterocycles. The Morgan fingerprint density at radius 3 is 1.23 bits per heavy atom. The van der Waals surface area contributed by atoms with E-state index in [0.29, 0.717) is 0 Å². The van der Waals surface area contributed by atoms with E-state index in [1.807, 2.05) is 0 Å². The summed E-state index contributed by atoms with van der Waals surface area (Å²) in [6, 6.07) is 0. The second-order valence-electron chi connectivity index (χ2n) is 5.48. The van der Waals surface area contributed by atoms with Crippen molar-refractivity contribution in [2.75, 3.05) is 0 Å². The van der Waals surface area contributed by atoms with Gasteiger partial charge in [-0.3, -0.25) is 19.4 Å². The van der Waals surface area contributed by atoms with E-state index >= 15 is 0 Å². The molecule has 0 bridgehead atoms. The van der Waals surface area contributed by atoms with Gasteiger partial charge in [-0.1, -0.05) is 0 Å². The van der Waals surface area contributed by atoms with Gasteiger partial charge in [0.15, 0.2) is 0 Å². The predicted molar refractivity (Wildman–Crippen MR) is 73.5 cm³/mol. The summed E-state index contributed by atoms with van der Waals surface area (Å²) in [7, 11) is 0. The van der Waals surface area contributed by atoms with Crippen LogP contribution in [0.5, 0.6) is 0 Å². The van der Waals surface area contributed by atoms with Crippen LogP contribution in [0.1, 0.15) is 40.5 Å². The fourth-order valence-electron chi connectivity index (χ4n) is 1.05. The Labute approximate surface area is 136 Å². The molecule has 0 saturated heterocycles. The van der Waals surface area contributed by atoms with Crippen LogP contribution in [-0.4, -0.2) is 33.6 Å². The molecule has 0 atom stereocenters. The molecule has 8 nitrogen and oxygen atoms in total. The van der Waals surface area contributed by atoms with Gasteiger partial charge in [-0.05, 0) is 63.7 Å². The average Bonchev–Trinajstić information content (AvgIpc) is 2.40. The van der Waals surface area contributed by atoms with Gasteiger partial charge in [0.2, 0.25) is 0 Å². The van der Waals surface area contributed by atoms with E-state index in [-0.39, 0.29) is 12.8 Å². The van der Waals surface area contributed by atoms with Crippen LogP contribution >= 0.6 is 23.2 Å². The lowest BCUT2D eigenvalue weighted by molar-refractivity contribution is -0.337. The Balaban J connectivity index is 4.32. The van der Waals surface area contributed by atoms with Crippen LogP contribution in [0.2, 0.25) is 0 Å². The van der Waals surface area contributed by atoms with Crippen molar-refractivity contribution in [1.82, 2.24) is 0 Å². The predicted octanol–water partition coefficient (Wildman–Crippen LogP) is 1.80. The number of hydrogen-bond acceptors (Lipinski definition) is 8. The van der Waals surface area contributed by atoms with Gasteiger partial charge in [-0.2, -0.15) is 9.78 Å². The van der Waals surface area contributed by atoms with Crippen molar-refractivity contribution in [2.24, 2.45) is 0 Å². The first-order chi connectivity index (χ1) is 9.86. The lowest BCUT2D eigenvalue weighted by Gasteiger charge is -2.28. The number of rotatable bonds is 9. The lowest BCUT2D eigenvalue weighted by Crippen LogP contribution is -2.33. The second-order valence-corrected chi connectivity index (χ2v) is 6.16. The Hall–Kier alpha value is -1.22. The van der Waals surface area contributed by atoms with Gasteiger partial charge >= 0.3 is 22.4 Å². The Kier molecular flexibility index (Phi) is 7.96. The molecule has 126 valence electrons. The zero-order valence-electron chi connectivity index (χ0n) is 12.4. The first-order valence-electron chi connectivity index (χ1n) is 6.05. The molecule has 0 amide bonds.